The summed E-state index contributed by atoms with van der Waals surface area (Å²) >= 11 is 18.1. The number of halogens is 4. The Kier molecular flexibility index (Phi) is 7.94. The van der Waals surface area contributed by atoms with Gasteiger partial charge in [0.05, 0.1) is 48.8 Å². The van der Waals surface area contributed by atoms with E-state index in [1.165, 1.54) is 26.6 Å². The fraction of sp³-hybridized carbons (Fsp3) is 0.100. The van der Waals surface area contributed by atoms with Crippen LogP contribution in [0.1, 0.15) is 20.7 Å². The van der Waals surface area contributed by atoms with Crippen LogP contribution in [0.3, 0.4) is 0 Å². The van der Waals surface area contributed by atoms with Crippen LogP contribution in [-0.2, 0) is 9.47 Å². The lowest BCUT2D eigenvalue weighted by Gasteiger charge is -2.03. The van der Waals surface area contributed by atoms with Gasteiger partial charge in [0.1, 0.15) is 21.3 Å². The number of hydrogen-bond donors (Lipinski definition) is 0. The number of ether oxygens (including phenoxy) is 2. The third kappa shape index (κ3) is 5.50. The topological polar surface area (TPSA) is 104 Å². The molecule has 0 amide bonds. The van der Waals surface area contributed by atoms with Crippen LogP contribution in [0.15, 0.2) is 45.6 Å². The molecule has 0 aliphatic rings. The molecular weight excluding hydrogens is 591 g/mol. The van der Waals surface area contributed by atoms with E-state index in [0.717, 1.165) is 0 Å². The Morgan fingerprint density at radius 2 is 1.25 bits per heavy atom. The summed E-state index contributed by atoms with van der Waals surface area (Å²) in [5, 5.41) is 0.584. The maximum absolute atomic E-state index is 11.4. The highest BCUT2D eigenvalue weighted by Gasteiger charge is 2.12. The van der Waals surface area contributed by atoms with Crippen molar-refractivity contribution in [2.75, 3.05) is 14.2 Å². The molecule has 0 radical (unpaired) electrons. The van der Waals surface area contributed by atoms with Crippen LogP contribution < -0.4 is 0 Å². The zero-order valence-corrected chi connectivity index (χ0v) is 21.1. The maximum atomic E-state index is 11.4. The first-order valence-corrected chi connectivity index (χ1v) is 11.0. The Balaban J connectivity index is 0.000000181. The first-order chi connectivity index (χ1) is 15.2. The summed E-state index contributed by atoms with van der Waals surface area (Å²) in [6.07, 6.45) is 2.88. The SMILES string of the molecule is COC(=O)c1cc(Br)c2nc(Cl)cnc2c1.COC(=O)c1cc(Br)c2ncc(Cl)nc2c1. The average Bonchev–Trinajstić information content (AvgIpc) is 2.78. The molecule has 0 unspecified atom stereocenters. The molecule has 0 atom stereocenters. The zero-order valence-electron chi connectivity index (χ0n) is 16.4. The second-order valence-electron chi connectivity index (χ2n) is 6.02. The van der Waals surface area contributed by atoms with Crippen molar-refractivity contribution in [3.63, 3.8) is 0 Å². The molecule has 32 heavy (non-hydrogen) atoms. The van der Waals surface area contributed by atoms with Gasteiger partial charge in [-0.05, 0) is 56.1 Å². The number of carbonyl (C=O) groups is 2. The molecule has 8 nitrogen and oxygen atoms in total. The van der Waals surface area contributed by atoms with E-state index in [1.54, 1.807) is 24.3 Å². The quantitative estimate of drug-likeness (QED) is 0.271. The smallest absolute Gasteiger partial charge is 0.337 e. The van der Waals surface area contributed by atoms with Crippen molar-refractivity contribution in [2.45, 2.75) is 0 Å². The Hall–Kier alpha value is -2.40. The van der Waals surface area contributed by atoms with Gasteiger partial charge in [0.2, 0.25) is 0 Å². The minimum absolute atomic E-state index is 0.279. The number of methoxy groups -OCH3 is 2. The van der Waals surface area contributed by atoms with Crippen LogP contribution in [0.5, 0.6) is 0 Å². The molecule has 12 heteroatoms. The summed E-state index contributed by atoms with van der Waals surface area (Å²) < 4.78 is 10.6. The van der Waals surface area contributed by atoms with Gasteiger partial charge >= 0.3 is 11.9 Å². The van der Waals surface area contributed by atoms with Gasteiger partial charge in [0, 0.05) is 8.95 Å². The molecule has 0 saturated heterocycles. The van der Waals surface area contributed by atoms with Gasteiger partial charge < -0.3 is 9.47 Å². The molecule has 0 saturated carbocycles. The van der Waals surface area contributed by atoms with Crippen molar-refractivity contribution >= 4 is 89.1 Å². The van der Waals surface area contributed by atoms with E-state index in [0.29, 0.717) is 47.3 Å². The lowest BCUT2D eigenvalue weighted by molar-refractivity contribution is 0.0592. The summed E-state index contributed by atoms with van der Waals surface area (Å²) in [6.45, 7) is 0. The first kappa shape index (κ1) is 24.2. The fourth-order valence-corrected chi connectivity index (χ4v) is 3.95. The molecule has 2 aromatic heterocycles. The number of benzene rings is 2. The second-order valence-corrected chi connectivity index (χ2v) is 8.50. The van der Waals surface area contributed by atoms with Crippen LogP contribution in [0.4, 0.5) is 0 Å². The minimum Gasteiger partial charge on any atom is -0.465 e. The van der Waals surface area contributed by atoms with Crippen molar-refractivity contribution in [1.82, 2.24) is 19.9 Å². The number of fused-ring (bicyclic) bond motifs is 2. The number of esters is 2. The Labute approximate surface area is 208 Å². The lowest BCUT2D eigenvalue weighted by atomic mass is 10.2. The summed E-state index contributed by atoms with van der Waals surface area (Å²) in [4.78, 5) is 39.1. The van der Waals surface area contributed by atoms with Gasteiger partial charge in [0.25, 0.3) is 0 Å². The molecule has 0 spiro atoms. The molecule has 0 aliphatic carbocycles. The summed E-state index contributed by atoms with van der Waals surface area (Å²) in [7, 11) is 2.65. The standard InChI is InChI=1S/2C10H6BrClN2O2/c1-16-10(15)5-2-6(11)9-7(3-5)14-8(12)4-13-9;1-16-10(15)5-2-6(11)9-7(3-5)13-4-8(12)14-9/h2*2-4H,1H3. The normalized spacial score (nSPS) is 10.4. The van der Waals surface area contributed by atoms with Crippen LogP contribution in [0.25, 0.3) is 22.1 Å². The summed E-state index contributed by atoms with van der Waals surface area (Å²) in [6, 6.07) is 6.45. The molecule has 2 aromatic carbocycles. The monoisotopic (exact) mass is 600 g/mol. The molecule has 4 aromatic rings. The predicted octanol–water partition coefficient (Wildman–Crippen LogP) is 5.66. The molecule has 2 heterocycles. The minimum atomic E-state index is -0.427. The number of aromatic nitrogens is 4. The van der Waals surface area contributed by atoms with E-state index < -0.39 is 11.9 Å². The molecule has 0 aliphatic heterocycles. The number of rotatable bonds is 2. The highest BCUT2D eigenvalue weighted by molar-refractivity contribution is 9.11. The summed E-state index contributed by atoms with van der Waals surface area (Å²) in [5.41, 5.74) is 3.20. The predicted molar refractivity (Wildman–Crippen MR) is 127 cm³/mol. The summed E-state index contributed by atoms with van der Waals surface area (Å²) in [5.74, 6) is -0.844. The van der Waals surface area contributed by atoms with E-state index in [1.807, 2.05) is 0 Å². The maximum Gasteiger partial charge on any atom is 0.337 e. The van der Waals surface area contributed by atoms with Crippen LogP contribution in [0.2, 0.25) is 10.3 Å². The first-order valence-electron chi connectivity index (χ1n) is 8.63. The average molecular weight is 603 g/mol. The van der Waals surface area contributed by atoms with E-state index in [9.17, 15) is 9.59 Å². The van der Waals surface area contributed by atoms with Crippen molar-refractivity contribution in [3.05, 3.63) is 67.0 Å². The Morgan fingerprint density at radius 1 is 0.750 bits per heavy atom. The number of carbonyl (C=O) groups excluding carboxylic acids is 2. The highest BCUT2D eigenvalue weighted by atomic mass is 79.9. The molecular formula is C20H12Br2Cl2N4O4. The van der Waals surface area contributed by atoms with Crippen molar-refractivity contribution < 1.29 is 19.1 Å². The van der Waals surface area contributed by atoms with E-state index in [-0.39, 0.29) is 5.15 Å². The van der Waals surface area contributed by atoms with Crippen molar-refractivity contribution in [1.29, 1.82) is 0 Å². The Morgan fingerprint density at radius 3 is 1.84 bits per heavy atom. The van der Waals surface area contributed by atoms with Gasteiger partial charge in [-0.25, -0.2) is 19.6 Å². The zero-order chi connectivity index (χ0) is 23.4. The lowest BCUT2D eigenvalue weighted by Crippen LogP contribution is -2.01. The number of nitrogens with zero attached hydrogens (tertiary/aromatic N) is 4. The molecule has 164 valence electrons. The van der Waals surface area contributed by atoms with E-state index in [2.05, 4.69) is 61.3 Å². The van der Waals surface area contributed by atoms with Gasteiger partial charge in [-0.3, -0.25) is 9.97 Å². The third-order valence-electron chi connectivity index (χ3n) is 3.98. The molecule has 0 N–H and O–H groups in total. The van der Waals surface area contributed by atoms with E-state index in [4.69, 9.17) is 23.2 Å². The second kappa shape index (κ2) is 10.5. The van der Waals surface area contributed by atoms with Gasteiger partial charge in [-0.2, -0.15) is 0 Å². The van der Waals surface area contributed by atoms with Crippen molar-refractivity contribution in [3.8, 4) is 0 Å². The van der Waals surface area contributed by atoms with E-state index >= 15 is 0 Å². The number of hydrogen-bond acceptors (Lipinski definition) is 8. The highest BCUT2D eigenvalue weighted by Crippen LogP contribution is 2.25. The van der Waals surface area contributed by atoms with Crippen LogP contribution in [-0.4, -0.2) is 46.1 Å². The van der Waals surface area contributed by atoms with Gasteiger partial charge in [-0.1, -0.05) is 23.2 Å². The van der Waals surface area contributed by atoms with Crippen LogP contribution >= 0.6 is 55.1 Å². The third-order valence-corrected chi connectivity index (χ3v) is 5.56. The fourth-order valence-electron chi connectivity index (χ4n) is 2.58. The van der Waals surface area contributed by atoms with Gasteiger partial charge in [0.15, 0.2) is 0 Å². The molecule has 0 fully saturated rings. The van der Waals surface area contributed by atoms with Gasteiger partial charge in [-0.15, -0.1) is 0 Å². The molecule has 0 bridgehead atoms. The Bertz CT molecular complexity index is 1350. The van der Waals surface area contributed by atoms with Crippen LogP contribution in [0, 0.1) is 0 Å². The molecule has 4 rings (SSSR count). The largest absolute Gasteiger partial charge is 0.465 e. The van der Waals surface area contributed by atoms with Crippen molar-refractivity contribution in [2.24, 2.45) is 0 Å².